The van der Waals surface area contributed by atoms with Gasteiger partial charge in [0.1, 0.15) is 0 Å². The maximum atomic E-state index is 2.44. The molecule has 0 atom stereocenters. The summed E-state index contributed by atoms with van der Waals surface area (Å²) in [6.45, 7) is 0. The quantitative estimate of drug-likeness (QED) is 0.138. The summed E-state index contributed by atoms with van der Waals surface area (Å²) in [5.41, 5.74) is 16.4. The summed E-state index contributed by atoms with van der Waals surface area (Å²) < 4.78 is 2.44. The van der Waals surface area contributed by atoms with E-state index in [0.29, 0.717) is 0 Å². The zero-order valence-electron chi connectivity index (χ0n) is 39.5. The molecule has 2 nitrogen and oxygen atoms in total. The standard InChI is InChI=1S/C70H46N2/c1-3-14-47(15-4-1)48-26-28-49(29-27-48)54-35-42-69-66(45-54)67-46-55(51-30-37-57(38-31-51)71(56-18-5-2-6-19-56)68-25-13-17-52-16-7-8-20-59(52)68)36-43-70(67)72(69)58-39-32-50(33-40-58)53-34-41-64-62-23-10-9-21-60(62)61-22-11-12-24-63(61)65(64)44-53/h1-46H. The molecule has 0 radical (unpaired) electrons. The molecule has 0 aliphatic carbocycles. The van der Waals surface area contributed by atoms with Gasteiger partial charge in [0.2, 0.25) is 0 Å². The molecule has 14 aromatic rings. The van der Waals surface area contributed by atoms with E-state index >= 15 is 0 Å². The Hall–Kier alpha value is -9.50. The first-order chi connectivity index (χ1) is 35.7. The highest BCUT2D eigenvalue weighted by Crippen LogP contribution is 2.42. The Morgan fingerprint density at radius 2 is 0.597 bits per heavy atom. The third-order valence-electron chi connectivity index (χ3n) is 14.8. The molecule has 0 bridgehead atoms. The Labute approximate surface area is 418 Å². The molecule has 13 aromatic carbocycles. The van der Waals surface area contributed by atoms with E-state index in [2.05, 4.69) is 289 Å². The van der Waals surface area contributed by atoms with Crippen molar-refractivity contribution >= 4 is 82.0 Å². The van der Waals surface area contributed by atoms with Gasteiger partial charge in [0, 0.05) is 33.2 Å². The second-order valence-corrected chi connectivity index (χ2v) is 18.9. The molecule has 0 saturated carbocycles. The molecular weight excluding hydrogens is 869 g/mol. The van der Waals surface area contributed by atoms with Crippen molar-refractivity contribution in [2.24, 2.45) is 0 Å². The molecule has 0 aliphatic rings. The molecule has 0 N–H and O–H groups in total. The van der Waals surface area contributed by atoms with Crippen LogP contribution in [0.2, 0.25) is 0 Å². The van der Waals surface area contributed by atoms with Gasteiger partial charge in [0.25, 0.3) is 0 Å². The smallest absolute Gasteiger partial charge is 0.0541 e. The maximum Gasteiger partial charge on any atom is 0.0541 e. The van der Waals surface area contributed by atoms with Gasteiger partial charge in [-0.2, -0.15) is 0 Å². The largest absolute Gasteiger partial charge is 0.310 e. The monoisotopic (exact) mass is 914 g/mol. The third kappa shape index (κ3) is 7.03. The number of benzene rings is 13. The van der Waals surface area contributed by atoms with Crippen LogP contribution >= 0.6 is 0 Å². The molecule has 1 heterocycles. The molecular formula is C70H46N2. The molecule has 0 saturated heterocycles. The zero-order chi connectivity index (χ0) is 47.5. The Morgan fingerprint density at radius 3 is 1.18 bits per heavy atom. The topological polar surface area (TPSA) is 8.17 Å². The van der Waals surface area contributed by atoms with Gasteiger partial charge >= 0.3 is 0 Å². The zero-order valence-corrected chi connectivity index (χ0v) is 39.5. The van der Waals surface area contributed by atoms with Crippen molar-refractivity contribution in [1.82, 2.24) is 4.57 Å². The minimum atomic E-state index is 1.11. The van der Waals surface area contributed by atoms with Gasteiger partial charge in [-0.1, -0.05) is 206 Å². The highest BCUT2D eigenvalue weighted by atomic mass is 15.1. The Balaban J connectivity index is 0.875. The van der Waals surface area contributed by atoms with Crippen molar-refractivity contribution in [3.05, 3.63) is 279 Å². The van der Waals surface area contributed by atoms with E-state index in [1.54, 1.807) is 0 Å². The van der Waals surface area contributed by atoms with Crippen LogP contribution in [0.5, 0.6) is 0 Å². The lowest BCUT2D eigenvalue weighted by Crippen LogP contribution is -2.10. The van der Waals surface area contributed by atoms with E-state index in [-0.39, 0.29) is 0 Å². The number of para-hydroxylation sites is 1. The number of nitrogens with zero attached hydrogens (tertiary/aromatic N) is 2. The lowest BCUT2D eigenvalue weighted by Gasteiger charge is -2.27. The van der Waals surface area contributed by atoms with Crippen LogP contribution in [0, 0.1) is 0 Å². The first-order valence-electron chi connectivity index (χ1n) is 24.8. The fraction of sp³-hybridized carbons (Fsp3) is 0. The summed E-state index contributed by atoms with van der Waals surface area (Å²) in [7, 11) is 0. The highest BCUT2D eigenvalue weighted by Gasteiger charge is 2.18. The second-order valence-electron chi connectivity index (χ2n) is 18.9. The normalized spacial score (nSPS) is 11.6. The van der Waals surface area contributed by atoms with Gasteiger partial charge in [-0.15, -0.1) is 0 Å². The number of aromatic nitrogens is 1. The number of hydrogen-bond acceptors (Lipinski definition) is 1. The molecule has 0 fully saturated rings. The van der Waals surface area contributed by atoms with Gasteiger partial charge in [0.15, 0.2) is 0 Å². The summed E-state index contributed by atoms with van der Waals surface area (Å²) in [6, 6.07) is 102. The van der Waals surface area contributed by atoms with E-state index in [0.717, 1.165) is 22.7 Å². The molecule has 0 unspecified atom stereocenters. The van der Waals surface area contributed by atoms with E-state index in [1.165, 1.54) is 109 Å². The summed E-state index contributed by atoms with van der Waals surface area (Å²) in [5.74, 6) is 0. The van der Waals surface area contributed by atoms with Crippen molar-refractivity contribution in [3.63, 3.8) is 0 Å². The molecule has 14 rings (SSSR count). The van der Waals surface area contributed by atoms with Crippen LogP contribution in [-0.4, -0.2) is 4.57 Å². The Morgan fingerprint density at radius 1 is 0.222 bits per heavy atom. The highest BCUT2D eigenvalue weighted by molar-refractivity contribution is 6.25. The van der Waals surface area contributed by atoms with Crippen molar-refractivity contribution in [3.8, 4) is 50.2 Å². The van der Waals surface area contributed by atoms with Crippen LogP contribution in [0.25, 0.3) is 115 Å². The van der Waals surface area contributed by atoms with Crippen molar-refractivity contribution < 1.29 is 0 Å². The average Bonchev–Trinajstić information content (AvgIpc) is 3.79. The number of rotatable bonds is 8. The van der Waals surface area contributed by atoms with Gasteiger partial charge < -0.3 is 9.47 Å². The van der Waals surface area contributed by atoms with Crippen molar-refractivity contribution in [2.75, 3.05) is 4.90 Å². The van der Waals surface area contributed by atoms with Crippen LogP contribution in [0.1, 0.15) is 0 Å². The first kappa shape index (κ1) is 41.5. The summed E-state index contributed by atoms with van der Waals surface area (Å²) in [5, 5.41) is 12.6. The first-order valence-corrected chi connectivity index (χ1v) is 24.8. The van der Waals surface area contributed by atoms with Gasteiger partial charge in [-0.25, -0.2) is 0 Å². The van der Waals surface area contributed by atoms with Crippen LogP contribution in [0.3, 0.4) is 0 Å². The minimum Gasteiger partial charge on any atom is -0.310 e. The fourth-order valence-corrected chi connectivity index (χ4v) is 11.2. The summed E-state index contributed by atoms with van der Waals surface area (Å²) in [4.78, 5) is 2.37. The maximum absolute atomic E-state index is 2.44. The van der Waals surface area contributed by atoms with Crippen LogP contribution in [0.15, 0.2) is 279 Å². The second kappa shape index (κ2) is 17.2. The summed E-state index contributed by atoms with van der Waals surface area (Å²) >= 11 is 0. The van der Waals surface area contributed by atoms with E-state index in [1.807, 2.05) is 0 Å². The molecule has 2 heteroatoms. The number of anilines is 3. The van der Waals surface area contributed by atoms with Gasteiger partial charge in [0.05, 0.1) is 16.7 Å². The minimum absolute atomic E-state index is 1.11. The van der Waals surface area contributed by atoms with Crippen molar-refractivity contribution in [1.29, 1.82) is 0 Å². The fourth-order valence-electron chi connectivity index (χ4n) is 11.2. The predicted octanol–water partition coefficient (Wildman–Crippen LogP) is 19.5. The van der Waals surface area contributed by atoms with E-state index < -0.39 is 0 Å². The molecule has 0 spiro atoms. The molecule has 0 amide bonds. The Bertz CT molecular complexity index is 4300. The van der Waals surface area contributed by atoms with E-state index in [4.69, 9.17) is 0 Å². The van der Waals surface area contributed by atoms with Crippen LogP contribution in [0.4, 0.5) is 17.1 Å². The van der Waals surface area contributed by atoms with Gasteiger partial charge in [-0.05, 0) is 155 Å². The molecule has 1 aromatic heterocycles. The van der Waals surface area contributed by atoms with Crippen LogP contribution < -0.4 is 4.90 Å². The third-order valence-corrected chi connectivity index (χ3v) is 14.8. The summed E-state index contributed by atoms with van der Waals surface area (Å²) in [6.07, 6.45) is 0. The molecule has 0 aliphatic heterocycles. The number of fused-ring (bicyclic) bond motifs is 10. The number of hydrogen-bond donors (Lipinski definition) is 0. The molecule has 336 valence electrons. The lowest BCUT2D eigenvalue weighted by molar-refractivity contribution is 1.18. The molecule has 72 heavy (non-hydrogen) atoms. The van der Waals surface area contributed by atoms with Gasteiger partial charge in [-0.3, -0.25) is 0 Å². The Kier molecular flexibility index (Phi) is 9.89. The average molecular weight is 915 g/mol. The van der Waals surface area contributed by atoms with Crippen LogP contribution in [-0.2, 0) is 0 Å². The van der Waals surface area contributed by atoms with Crippen molar-refractivity contribution in [2.45, 2.75) is 0 Å². The SMILES string of the molecule is c1ccc(-c2ccc(-c3ccc4c(c3)c3cc(-c5ccc(N(c6ccccc6)c6cccc7ccccc67)cc5)ccc3n4-c3ccc(-c4ccc5c6ccccc6c6ccccc6c5c4)cc3)cc2)cc1. The van der Waals surface area contributed by atoms with E-state index in [9.17, 15) is 0 Å². The lowest BCUT2D eigenvalue weighted by atomic mass is 9.92. The predicted molar refractivity (Wildman–Crippen MR) is 307 cm³/mol.